The van der Waals surface area contributed by atoms with Crippen LogP contribution in [0.15, 0.2) is 42.1 Å². The Morgan fingerprint density at radius 2 is 2.31 bits per heavy atom. The molecule has 0 aliphatic heterocycles. The minimum atomic E-state index is -3.75. The Labute approximate surface area is 96.1 Å². The van der Waals surface area contributed by atoms with E-state index in [4.69, 9.17) is 4.18 Å². The fourth-order valence-corrected chi connectivity index (χ4v) is 2.29. The number of hydrogen-bond acceptors (Lipinski definition) is 4. The van der Waals surface area contributed by atoms with Gasteiger partial charge in [0.2, 0.25) is 0 Å². The van der Waals surface area contributed by atoms with Gasteiger partial charge < -0.3 is 0 Å². The zero-order valence-corrected chi connectivity index (χ0v) is 9.98. The molecule has 0 N–H and O–H groups in total. The van der Waals surface area contributed by atoms with Gasteiger partial charge in [0.25, 0.3) is 0 Å². The summed E-state index contributed by atoms with van der Waals surface area (Å²) < 4.78 is 28.6. The van der Waals surface area contributed by atoms with Crippen molar-refractivity contribution in [1.82, 2.24) is 4.98 Å². The molecular weight excluding hydrogens is 226 g/mol. The minimum absolute atomic E-state index is 0.0579. The molecule has 0 amide bonds. The first-order chi connectivity index (χ1) is 7.60. The molecule has 0 spiro atoms. The van der Waals surface area contributed by atoms with Gasteiger partial charge in [-0.3, -0.25) is 4.18 Å². The Hall–Kier alpha value is -1.20. The second-order valence-electron chi connectivity index (χ2n) is 3.27. The fourth-order valence-electron chi connectivity index (χ4n) is 1.18. The van der Waals surface area contributed by atoms with E-state index in [0.29, 0.717) is 12.8 Å². The molecule has 1 aromatic heterocycles. The molecule has 0 fully saturated rings. The molecule has 1 unspecified atom stereocenters. The zero-order chi connectivity index (χ0) is 12.0. The Morgan fingerprint density at radius 1 is 1.56 bits per heavy atom. The summed E-state index contributed by atoms with van der Waals surface area (Å²) in [5.74, 6) is 0. The molecule has 1 rings (SSSR count). The highest BCUT2D eigenvalue weighted by molar-refractivity contribution is 7.86. The molecule has 1 atom stereocenters. The number of pyridine rings is 1. The molecule has 0 saturated carbocycles. The van der Waals surface area contributed by atoms with Crippen LogP contribution in [0.1, 0.15) is 19.8 Å². The van der Waals surface area contributed by atoms with E-state index in [1.807, 2.05) is 6.92 Å². The monoisotopic (exact) mass is 241 g/mol. The molecule has 0 aliphatic carbocycles. The van der Waals surface area contributed by atoms with Gasteiger partial charge in [-0.15, -0.1) is 6.58 Å². The van der Waals surface area contributed by atoms with Crippen LogP contribution in [0.25, 0.3) is 0 Å². The van der Waals surface area contributed by atoms with E-state index in [9.17, 15) is 8.42 Å². The SMILES string of the molecule is C=CCC(CC)OS(=O)(=O)c1ccccn1. The lowest BCUT2D eigenvalue weighted by atomic mass is 10.2. The maximum absolute atomic E-state index is 11.8. The normalized spacial score (nSPS) is 13.3. The molecule has 88 valence electrons. The lowest BCUT2D eigenvalue weighted by molar-refractivity contribution is 0.207. The zero-order valence-electron chi connectivity index (χ0n) is 9.17. The molecule has 1 heterocycles. The standard InChI is InChI=1S/C11H15NO3S/c1-3-7-10(4-2)15-16(13,14)11-8-5-6-9-12-11/h3,5-6,8-10H,1,4,7H2,2H3. The summed E-state index contributed by atoms with van der Waals surface area (Å²) in [7, 11) is -3.75. The largest absolute Gasteiger partial charge is 0.314 e. The molecule has 0 aromatic carbocycles. The van der Waals surface area contributed by atoms with E-state index in [1.165, 1.54) is 12.3 Å². The Balaban J connectivity index is 2.83. The lowest BCUT2D eigenvalue weighted by Gasteiger charge is -2.13. The van der Waals surface area contributed by atoms with Gasteiger partial charge in [0.1, 0.15) is 0 Å². The molecule has 0 radical (unpaired) electrons. The fraction of sp³-hybridized carbons (Fsp3) is 0.364. The van der Waals surface area contributed by atoms with Crippen LogP contribution in [0.2, 0.25) is 0 Å². The maximum atomic E-state index is 11.8. The van der Waals surface area contributed by atoms with Gasteiger partial charge in [-0.2, -0.15) is 8.42 Å². The van der Waals surface area contributed by atoms with E-state index < -0.39 is 10.1 Å². The van der Waals surface area contributed by atoms with Gasteiger partial charge in [-0.1, -0.05) is 19.1 Å². The van der Waals surface area contributed by atoms with Crippen molar-refractivity contribution in [3.05, 3.63) is 37.1 Å². The van der Waals surface area contributed by atoms with Crippen molar-refractivity contribution in [3.63, 3.8) is 0 Å². The summed E-state index contributed by atoms with van der Waals surface area (Å²) in [6, 6.07) is 4.67. The van der Waals surface area contributed by atoms with Crippen LogP contribution in [0.4, 0.5) is 0 Å². The second kappa shape index (κ2) is 5.77. The third-order valence-electron chi connectivity index (χ3n) is 2.04. The molecule has 5 heteroatoms. The van der Waals surface area contributed by atoms with Crippen molar-refractivity contribution >= 4 is 10.1 Å². The summed E-state index contributed by atoms with van der Waals surface area (Å²) in [5, 5.41) is -0.0579. The van der Waals surface area contributed by atoms with Gasteiger partial charge in [0, 0.05) is 6.20 Å². The van der Waals surface area contributed by atoms with Crippen molar-refractivity contribution in [2.24, 2.45) is 0 Å². The predicted molar refractivity (Wildman–Crippen MR) is 61.4 cm³/mol. The second-order valence-corrected chi connectivity index (χ2v) is 4.79. The summed E-state index contributed by atoms with van der Waals surface area (Å²) in [4.78, 5) is 3.76. The number of aromatic nitrogens is 1. The molecule has 0 saturated heterocycles. The van der Waals surface area contributed by atoms with E-state index >= 15 is 0 Å². The summed E-state index contributed by atoms with van der Waals surface area (Å²) in [6.45, 7) is 5.42. The lowest BCUT2D eigenvalue weighted by Crippen LogP contribution is -2.18. The third kappa shape index (κ3) is 3.43. The van der Waals surface area contributed by atoms with Crippen LogP contribution < -0.4 is 0 Å². The van der Waals surface area contributed by atoms with E-state index in [2.05, 4.69) is 11.6 Å². The Bertz CT molecular complexity index is 428. The molecule has 16 heavy (non-hydrogen) atoms. The first-order valence-electron chi connectivity index (χ1n) is 5.05. The van der Waals surface area contributed by atoms with Crippen LogP contribution >= 0.6 is 0 Å². The van der Waals surface area contributed by atoms with Crippen molar-refractivity contribution in [1.29, 1.82) is 0 Å². The average Bonchev–Trinajstić information content (AvgIpc) is 2.29. The van der Waals surface area contributed by atoms with Crippen LogP contribution in [-0.4, -0.2) is 19.5 Å². The average molecular weight is 241 g/mol. The third-order valence-corrected chi connectivity index (χ3v) is 3.32. The molecule has 1 aromatic rings. The maximum Gasteiger partial charge on any atom is 0.314 e. The van der Waals surface area contributed by atoms with Gasteiger partial charge >= 0.3 is 10.1 Å². The predicted octanol–water partition coefficient (Wildman–Crippen LogP) is 2.14. The van der Waals surface area contributed by atoms with E-state index in [-0.39, 0.29) is 11.1 Å². The topological polar surface area (TPSA) is 56.3 Å². The minimum Gasteiger partial charge on any atom is -0.262 e. The summed E-state index contributed by atoms with van der Waals surface area (Å²) >= 11 is 0. The first kappa shape index (κ1) is 12.9. The molecule has 0 aliphatic rings. The molecule has 0 bridgehead atoms. The van der Waals surface area contributed by atoms with Gasteiger partial charge in [0.05, 0.1) is 6.10 Å². The van der Waals surface area contributed by atoms with E-state index in [1.54, 1.807) is 18.2 Å². The number of rotatable bonds is 6. The first-order valence-corrected chi connectivity index (χ1v) is 6.46. The van der Waals surface area contributed by atoms with Crippen LogP contribution in [-0.2, 0) is 14.3 Å². The van der Waals surface area contributed by atoms with Crippen molar-refractivity contribution in [2.75, 3.05) is 0 Å². The van der Waals surface area contributed by atoms with Crippen molar-refractivity contribution < 1.29 is 12.6 Å². The Kier molecular flexibility index (Phi) is 4.64. The van der Waals surface area contributed by atoms with Crippen LogP contribution in [0.3, 0.4) is 0 Å². The highest BCUT2D eigenvalue weighted by Crippen LogP contribution is 2.14. The summed E-state index contributed by atoms with van der Waals surface area (Å²) in [5.41, 5.74) is 0. The smallest absolute Gasteiger partial charge is 0.262 e. The number of nitrogens with zero attached hydrogens (tertiary/aromatic N) is 1. The molecular formula is C11H15NO3S. The van der Waals surface area contributed by atoms with Gasteiger partial charge in [0.15, 0.2) is 5.03 Å². The van der Waals surface area contributed by atoms with Gasteiger partial charge in [-0.25, -0.2) is 4.98 Å². The summed E-state index contributed by atoms with van der Waals surface area (Å²) in [6.07, 6.45) is 3.80. The quantitative estimate of drug-likeness (QED) is 0.565. The van der Waals surface area contributed by atoms with Crippen molar-refractivity contribution in [2.45, 2.75) is 30.9 Å². The van der Waals surface area contributed by atoms with Crippen LogP contribution in [0.5, 0.6) is 0 Å². The van der Waals surface area contributed by atoms with E-state index in [0.717, 1.165) is 0 Å². The molecule has 4 nitrogen and oxygen atoms in total. The Morgan fingerprint density at radius 3 is 2.81 bits per heavy atom. The highest BCUT2D eigenvalue weighted by atomic mass is 32.2. The number of hydrogen-bond donors (Lipinski definition) is 0. The van der Waals surface area contributed by atoms with Crippen LogP contribution in [0, 0.1) is 0 Å². The highest BCUT2D eigenvalue weighted by Gasteiger charge is 2.20. The van der Waals surface area contributed by atoms with Crippen molar-refractivity contribution in [3.8, 4) is 0 Å². The van der Waals surface area contributed by atoms with Gasteiger partial charge in [-0.05, 0) is 25.0 Å².